The van der Waals surface area contributed by atoms with Gasteiger partial charge in [0.2, 0.25) is 0 Å². The van der Waals surface area contributed by atoms with Crippen LogP contribution in [0.3, 0.4) is 0 Å². The lowest BCUT2D eigenvalue weighted by molar-refractivity contribution is -0.265. The fraction of sp³-hybridized carbons (Fsp3) is 0.548. The van der Waals surface area contributed by atoms with Crippen molar-refractivity contribution < 1.29 is 57.6 Å². The second-order valence-electron chi connectivity index (χ2n) is 12.4. The molecule has 50 heavy (non-hydrogen) atoms. The first kappa shape index (κ1) is 37.4. The van der Waals surface area contributed by atoms with Crippen molar-refractivity contribution in [1.82, 2.24) is 30.5 Å². The van der Waals surface area contributed by atoms with Gasteiger partial charge in [0.25, 0.3) is 0 Å². The number of aromatic nitrogens is 3. The number of hydrogen-bond donors (Lipinski definition) is 3. The number of alkyl carbamates (subject to hydrolysis) is 2. The Labute approximate surface area is 291 Å². The molecule has 0 aliphatic rings. The molecule has 2 amide bonds. The van der Waals surface area contributed by atoms with Gasteiger partial charge >= 0.3 is 24.5 Å². The van der Waals surface area contributed by atoms with Crippen LogP contribution in [0.5, 0.6) is 0 Å². The molecule has 19 heteroatoms. The highest BCUT2D eigenvalue weighted by Crippen LogP contribution is 2.34. The molecule has 278 valence electrons. The Morgan fingerprint density at radius 3 is 2.22 bits per heavy atom. The summed E-state index contributed by atoms with van der Waals surface area (Å²) in [6, 6.07) is 3.41. The van der Waals surface area contributed by atoms with Crippen molar-refractivity contribution in [2.75, 3.05) is 26.8 Å². The summed E-state index contributed by atoms with van der Waals surface area (Å²) in [6.07, 6.45) is -11.4. The highest BCUT2D eigenvalue weighted by Gasteiger charge is 2.49. The van der Waals surface area contributed by atoms with Crippen molar-refractivity contribution in [3.05, 3.63) is 64.6 Å². The third-order valence-electron chi connectivity index (χ3n) is 6.71. The Morgan fingerprint density at radius 1 is 0.980 bits per heavy atom. The minimum absolute atomic E-state index is 0.0566. The number of nitrogens with one attached hydrogen (secondary N) is 3. The third kappa shape index (κ3) is 11.9. The topological polar surface area (TPSA) is 137 Å². The maximum absolute atomic E-state index is 14.2. The Bertz CT molecular complexity index is 1670. The van der Waals surface area contributed by atoms with Gasteiger partial charge in [0.1, 0.15) is 18.2 Å². The molecular weight excluding hydrogens is 702 g/mol. The van der Waals surface area contributed by atoms with Crippen LogP contribution >= 0.6 is 11.6 Å². The van der Waals surface area contributed by atoms with E-state index in [0.29, 0.717) is 5.56 Å². The normalized spacial score (nSPS) is 15.5. The van der Waals surface area contributed by atoms with Gasteiger partial charge in [-0.1, -0.05) is 41.9 Å². The van der Waals surface area contributed by atoms with Crippen molar-refractivity contribution >= 4 is 29.4 Å². The lowest BCUT2D eigenvalue weighted by Crippen LogP contribution is -2.52. The summed E-state index contributed by atoms with van der Waals surface area (Å²) in [5.41, 5.74) is -3.34. The van der Waals surface area contributed by atoms with Crippen molar-refractivity contribution in [3.8, 4) is 0 Å². The van der Waals surface area contributed by atoms with Gasteiger partial charge in [-0.3, -0.25) is 0 Å². The van der Waals surface area contributed by atoms with E-state index in [1.807, 2.05) is 0 Å². The third-order valence-corrected chi connectivity index (χ3v) is 7.00. The zero-order valence-electron chi connectivity index (χ0n) is 29.8. The van der Waals surface area contributed by atoms with Crippen LogP contribution < -0.4 is 16.0 Å². The molecule has 0 unspecified atom stereocenters. The predicted molar refractivity (Wildman–Crippen MR) is 168 cm³/mol. The number of fused-ring (bicyclic) bond motifs is 1. The number of imidazole rings is 1. The minimum atomic E-state index is -5.32. The quantitative estimate of drug-likeness (QED) is 0.159. The molecular formula is C31H39ClF6N6O6. The van der Waals surface area contributed by atoms with Crippen LogP contribution in [0.2, 0.25) is 5.15 Å². The Morgan fingerprint density at radius 2 is 1.64 bits per heavy atom. The molecule has 0 saturated heterocycles. The van der Waals surface area contributed by atoms with Gasteiger partial charge in [-0.15, -0.1) is 0 Å². The first-order chi connectivity index (χ1) is 23.8. The Kier molecular flexibility index (Phi) is 12.3. The number of hydrogen-bond acceptors (Lipinski definition) is 9. The smallest absolute Gasteiger partial charge is 0.416 e. The molecule has 0 spiro atoms. The second kappa shape index (κ2) is 16.4. The van der Waals surface area contributed by atoms with Crippen LogP contribution in [-0.2, 0) is 25.6 Å². The van der Waals surface area contributed by atoms with E-state index in [4.69, 9.17) is 33.3 Å². The van der Waals surface area contributed by atoms with E-state index < -0.39 is 73.6 Å². The van der Waals surface area contributed by atoms with Gasteiger partial charge in [-0.05, 0) is 46.2 Å². The van der Waals surface area contributed by atoms with E-state index in [2.05, 4.69) is 20.7 Å². The summed E-state index contributed by atoms with van der Waals surface area (Å²) in [4.78, 5) is 29.3. The number of carbonyl (C=O) groups excluding carboxylic acids is 2. The fourth-order valence-electron chi connectivity index (χ4n) is 4.01. The predicted octanol–water partition coefficient (Wildman–Crippen LogP) is 6.44. The number of halogens is 7. The van der Waals surface area contributed by atoms with Gasteiger partial charge < -0.3 is 34.9 Å². The number of amides is 2. The number of alkyl halides is 6. The second-order valence-corrected chi connectivity index (χ2v) is 12.7. The first-order valence-corrected chi connectivity index (χ1v) is 15.3. The van der Waals surface area contributed by atoms with Crippen LogP contribution in [0.1, 0.15) is 66.3 Å². The number of benzene rings is 1. The van der Waals surface area contributed by atoms with Gasteiger partial charge in [-0.25, -0.2) is 19.1 Å². The molecule has 0 radical (unpaired) electrons. The van der Waals surface area contributed by atoms with E-state index >= 15 is 0 Å². The molecule has 12 nitrogen and oxygen atoms in total. The number of ether oxygens (including phenoxy) is 4. The summed E-state index contributed by atoms with van der Waals surface area (Å²) >= 11 is 6.40. The molecule has 2 heterocycles. The largest absolute Gasteiger partial charge is 0.445 e. The average molecular weight is 743 g/mol. The van der Waals surface area contributed by atoms with Crippen LogP contribution in [0.25, 0.3) is 5.65 Å². The molecule has 2 aromatic heterocycles. The van der Waals surface area contributed by atoms with Gasteiger partial charge in [0, 0.05) is 21.9 Å². The number of rotatable bonds is 14. The van der Waals surface area contributed by atoms with Gasteiger partial charge in [-0.2, -0.15) is 31.4 Å². The first-order valence-electron chi connectivity index (χ1n) is 15.9. The molecule has 0 aliphatic heterocycles. The van der Waals surface area contributed by atoms with E-state index in [1.54, 1.807) is 51.1 Å². The zero-order chi connectivity index (χ0) is 39.3. The Hall–Kier alpha value is -3.87. The number of carbonyl (C=O) groups is 2. The molecule has 3 rings (SSSR count). The Balaban J connectivity index is 1.93. The molecule has 0 aliphatic carbocycles. The maximum Gasteiger partial charge on any atom is 0.416 e. The van der Waals surface area contributed by atoms with Gasteiger partial charge in [0.05, 0.1) is 37.2 Å². The van der Waals surface area contributed by atoms with E-state index in [9.17, 15) is 35.9 Å². The number of nitrogens with zero attached hydrogens (tertiary/aromatic N) is 3. The van der Waals surface area contributed by atoms with Crippen molar-refractivity contribution in [2.45, 2.75) is 82.9 Å². The summed E-state index contributed by atoms with van der Waals surface area (Å²) in [6.45, 7) is 1.32. The standard InChI is InChI=1S/C31H39ClF6N6O6/c1-28(2,3)50-27(46)41-22(17-49-29(4,5)31(36,37)38)20-14-44-24(40-20)12-19(25(32)43-44)21(16-47-6)39-13-23(30(33,34)35)42-26(45)48-15-18-10-8-7-9-11-18/h7-12,14,21-23,39H,13,15-17H2,1-6H3,(H,41,46)(H,42,45)/t21-,22+,23+/m1/s1/i13D2. The molecule has 0 saturated carbocycles. The van der Waals surface area contributed by atoms with Crippen LogP contribution in [0.15, 0.2) is 42.6 Å². The van der Waals surface area contributed by atoms with Crippen LogP contribution in [0.4, 0.5) is 35.9 Å². The average Bonchev–Trinajstić information content (AvgIpc) is 3.41. The molecule has 0 fully saturated rings. The fourth-order valence-corrected chi connectivity index (χ4v) is 4.28. The zero-order valence-corrected chi connectivity index (χ0v) is 28.6. The molecule has 0 bridgehead atoms. The molecule has 3 N–H and O–H groups in total. The molecule has 3 atom stereocenters. The molecule has 1 aromatic carbocycles. The SMILES string of the molecule is [2H]C([2H])(N[C@H](COC)c1cc2nc([C@H](COC(C)(C)C(F)(F)F)NC(=O)OC(C)(C)C)cn2nc1Cl)[C@H](NC(=O)OCc1ccccc1)C(F)(F)F. The lowest BCUT2D eigenvalue weighted by Gasteiger charge is -2.30. The van der Waals surface area contributed by atoms with Crippen molar-refractivity contribution in [1.29, 1.82) is 0 Å². The highest BCUT2D eigenvalue weighted by atomic mass is 35.5. The lowest BCUT2D eigenvalue weighted by atomic mass is 10.1. The summed E-state index contributed by atoms with van der Waals surface area (Å²) < 4.78 is 121. The molecule has 3 aromatic rings. The van der Waals surface area contributed by atoms with Crippen LogP contribution in [0, 0.1) is 0 Å². The van der Waals surface area contributed by atoms with Crippen molar-refractivity contribution in [2.24, 2.45) is 0 Å². The minimum Gasteiger partial charge on any atom is -0.445 e. The summed E-state index contributed by atoms with van der Waals surface area (Å²) in [7, 11) is 1.19. The summed E-state index contributed by atoms with van der Waals surface area (Å²) in [5.74, 6) is 0. The highest BCUT2D eigenvalue weighted by molar-refractivity contribution is 6.30. The van der Waals surface area contributed by atoms with E-state index in [1.165, 1.54) is 24.7 Å². The van der Waals surface area contributed by atoms with E-state index in [0.717, 1.165) is 18.4 Å². The summed E-state index contributed by atoms with van der Waals surface area (Å²) in [5, 5.41) is 9.90. The number of methoxy groups -OCH3 is 1. The van der Waals surface area contributed by atoms with Gasteiger partial charge in [0.15, 0.2) is 16.4 Å². The maximum atomic E-state index is 14.2. The van der Waals surface area contributed by atoms with E-state index in [-0.39, 0.29) is 28.7 Å². The monoisotopic (exact) mass is 742 g/mol. The van der Waals surface area contributed by atoms with Crippen LogP contribution in [-0.4, -0.2) is 83.2 Å². The van der Waals surface area contributed by atoms with Crippen molar-refractivity contribution in [3.63, 3.8) is 0 Å².